The predicted octanol–water partition coefficient (Wildman–Crippen LogP) is 2.36. The molecule has 1 aliphatic rings. The Morgan fingerprint density at radius 2 is 1.79 bits per heavy atom. The van der Waals surface area contributed by atoms with Gasteiger partial charge in [-0.3, -0.25) is 4.79 Å². The number of piperidine rings is 1. The van der Waals surface area contributed by atoms with Crippen LogP contribution in [0.2, 0.25) is 0 Å². The van der Waals surface area contributed by atoms with E-state index in [-0.39, 0.29) is 18.0 Å². The lowest BCUT2D eigenvalue weighted by Crippen LogP contribution is -2.47. The van der Waals surface area contributed by atoms with Crippen molar-refractivity contribution in [3.63, 3.8) is 0 Å². The predicted molar refractivity (Wildman–Crippen MR) is 91.1 cm³/mol. The van der Waals surface area contributed by atoms with Crippen molar-refractivity contribution in [3.8, 4) is 5.75 Å². The molecule has 1 aromatic carbocycles. The van der Waals surface area contributed by atoms with Crippen LogP contribution in [0.4, 0.5) is 4.79 Å². The summed E-state index contributed by atoms with van der Waals surface area (Å²) >= 11 is 0. The van der Waals surface area contributed by atoms with Gasteiger partial charge in [0.15, 0.2) is 0 Å². The van der Waals surface area contributed by atoms with Gasteiger partial charge in [0.25, 0.3) is 0 Å². The lowest BCUT2D eigenvalue weighted by Gasteiger charge is -2.32. The number of hydrogen-bond acceptors (Lipinski definition) is 4. The van der Waals surface area contributed by atoms with Crippen LogP contribution in [0.5, 0.6) is 5.75 Å². The van der Waals surface area contributed by atoms with Crippen LogP contribution in [0.3, 0.4) is 0 Å². The molecule has 0 bridgehead atoms. The molecule has 0 aliphatic carbocycles. The highest BCUT2D eigenvalue weighted by molar-refractivity contribution is 5.79. The SMILES string of the molecule is CCOC(=O)NC1CCN(C(=O)Cc2ccc(OCC)cc2)CC1. The lowest BCUT2D eigenvalue weighted by atomic mass is 10.0. The molecule has 0 radical (unpaired) electrons. The minimum absolute atomic E-state index is 0.0820. The quantitative estimate of drug-likeness (QED) is 0.867. The lowest BCUT2D eigenvalue weighted by molar-refractivity contribution is -0.131. The van der Waals surface area contributed by atoms with E-state index in [0.717, 1.165) is 24.2 Å². The third-order valence-corrected chi connectivity index (χ3v) is 4.03. The molecule has 0 aromatic heterocycles. The maximum absolute atomic E-state index is 12.4. The summed E-state index contributed by atoms with van der Waals surface area (Å²) in [6.45, 7) is 6.04. The second-order valence-electron chi connectivity index (χ2n) is 5.77. The van der Waals surface area contributed by atoms with Gasteiger partial charge in [0, 0.05) is 19.1 Å². The van der Waals surface area contributed by atoms with E-state index in [1.807, 2.05) is 36.1 Å². The number of likely N-dealkylation sites (tertiary alicyclic amines) is 1. The number of rotatable bonds is 6. The van der Waals surface area contributed by atoms with Crippen molar-refractivity contribution >= 4 is 12.0 Å². The number of amides is 2. The van der Waals surface area contributed by atoms with Crippen LogP contribution in [-0.4, -0.2) is 49.2 Å². The molecule has 1 fully saturated rings. The number of benzene rings is 1. The van der Waals surface area contributed by atoms with Crippen molar-refractivity contribution in [2.75, 3.05) is 26.3 Å². The first-order chi connectivity index (χ1) is 11.6. The van der Waals surface area contributed by atoms with Gasteiger partial charge in [0.2, 0.25) is 5.91 Å². The van der Waals surface area contributed by atoms with E-state index in [0.29, 0.717) is 32.7 Å². The molecule has 1 aliphatic heterocycles. The first kappa shape index (κ1) is 18.1. The summed E-state index contributed by atoms with van der Waals surface area (Å²) in [4.78, 5) is 25.7. The van der Waals surface area contributed by atoms with Crippen LogP contribution >= 0.6 is 0 Å². The van der Waals surface area contributed by atoms with Crippen LogP contribution in [0.15, 0.2) is 24.3 Å². The summed E-state index contributed by atoms with van der Waals surface area (Å²) in [6, 6.07) is 7.72. The van der Waals surface area contributed by atoms with Gasteiger partial charge in [-0.2, -0.15) is 0 Å². The normalized spacial score (nSPS) is 15.0. The molecule has 0 spiro atoms. The zero-order valence-corrected chi connectivity index (χ0v) is 14.4. The number of carbonyl (C=O) groups excluding carboxylic acids is 2. The van der Waals surface area contributed by atoms with Crippen molar-refractivity contribution in [3.05, 3.63) is 29.8 Å². The summed E-state index contributed by atoms with van der Waals surface area (Å²) < 4.78 is 10.3. The fourth-order valence-corrected chi connectivity index (χ4v) is 2.77. The highest BCUT2D eigenvalue weighted by Gasteiger charge is 2.24. The van der Waals surface area contributed by atoms with Gasteiger partial charge in [-0.05, 0) is 44.4 Å². The second-order valence-corrected chi connectivity index (χ2v) is 5.77. The molecule has 2 rings (SSSR count). The van der Waals surface area contributed by atoms with Gasteiger partial charge in [0.1, 0.15) is 5.75 Å². The van der Waals surface area contributed by atoms with Gasteiger partial charge in [-0.25, -0.2) is 4.79 Å². The van der Waals surface area contributed by atoms with Crippen LogP contribution in [0.1, 0.15) is 32.3 Å². The topological polar surface area (TPSA) is 67.9 Å². The minimum Gasteiger partial charge on any atom is -0.494 e. The molecule has 0 atom stereocenters. The highest BCUT2D eigenvalue weighted by atomic mass is 16.5. The summed E-state index contributed by atoms with van der Waals surface area (Å²) in [5, 5.41) is 2.83. The van der Waals surface area contributed by atoms with Gasteiger partial charge in [-0.1, -0.05) is 12.1 Å². The van der Waals surface area contributed by atoms with Crippen LogP contribution in [0, 0.1) is 0 Å². The fraction of sp³-hybridized carbons (Fsp3) is 0.556. The van der Waals surface area contributed by atoms with E-state index >= 15 is 0 Å². The summed E-state index contributed by atoms with van der Waals surface area (Å²) in [7, 11) is 0. The molecular weight excluding hydrogens is 308 g/mol. The Balaban J connectivity index is 1.77. The van der Waals surface area contributed by atoms with E-state index < -0.39 is 0 Å². The van der Waals surface area contributed by atoms with E-state index in [1.54, 1.807) is 6.92 Å². The van der Waals surface area contributed by atoms with Crippen molar-refractivity contribution in [1.29, 1.82) is 0 Å². The molecule has 24 heavy (non-hydrogen) atoms. The Bertz CT molecular complexity index is 536. The Morgan fingerprint density at radius 3 is 2.38 bits per heavy atom. The summed E-state index contributed by atoms with van der Waals surface area (Å²) in [5.74, 6) is 0.938. The van der Waals surface area contributed by atoms with E-state index in [2.05, 4.69) is 5.32 Å². The van der Waals surface area contributed by atoms with Gasteiger partial charge < -0.3 is 19.7 Å². The van der Waals surface area contributed by atoms with E-state index in [9.17, 15) is 9.59 Å². The van der Waals surface area contributed by atoms with Gasteiger partial charge in [-0.15, -0.1) is 0 Å². The Morgan fingerprint density at radius 1 is 1.12 bits per heavy atom. The number of hydrogen-bond donors (Lipinski definition) is 1. The Hall–Kier alpha value is -2.24. The summed E-state index contributed by atoms with van der Waals surface area (Å²) in [6.07, 6.45) is 1.53. The summed E-state index contributed by atoms with van der Waals surface area (Å²) in [5.41, 5.74) is 0.982. The van der Waals surface area contributed by atoms with Crippen LogP contribution < -0.4 is 10.1 Å². The average Bonchev–Trinajstić information content (AvgIpc) is 2.57. The molecular formula is C18H26N2O4. The Kier molecular flexibility index (Phi) is 6.90. The molecule has 6 nitrogen and oxygen atoms in total. The van der Waals surface area contributed by atoms with Gasteiger partial charge in [0.05, 0.1) is 19.6 Å². The molecule has 1 heterocycles. The Labute approximate surface area is 143 Å². The molecule has 0 saturated carbocycles. The van der Waals surface area contributed by atoms with Crippen molar-refractivity contribution in [1.82, 2.24) is 10.2 Å². The van der Waals surface area contributed by atoms with E-state index in [4.69, 9.17) is 9.47 Å². The number of carbonyl (C=O) groups is 2. The largest absolute Gasteiger partial charge is 0.494 e. The maximum atomic E-state index is 12.4. The van der Waals surface area contributed by atoms with Crippen molar-refractivity contribution in [2.45, 2.75) is 39.2 Å². The van der Waals surface area contributed by atoms with Crippen LogP contribution in [-0.2, 0) is 16.0 Å². The molecule has 132 valence electrons. The van der Waals surface area contributed by atoms with Crippen LogP contribution in [0.25, 0.3) is 0 Å². The highest BCUT2D eigenvalue weighted by Crippen LogP contribution is 2.15. The average molecular weight is 334 g/mol. The van der Waals surface area contributed by atoms with Crippen molar-refractivity contribution < 1.29 is 19.1 Å². The third-order valence-electron chi connectivity index (χ3n) is 4.03. The number of nitrogens with zero attached hydrogens (tertiary/aromatic N) is 1. The van der Waals surface area contributed by atoms with Crippen molar-refractivity contribution in [2.24, 2.45) is 0 Å². The molecule has 1 N–H and O–H groups in total. The smallest absolute Gasteiger partial charge is 0.407 e. The first-order valence-electron chi connectivity index (χ1n) is 8.55. The zero-order valence-electron chi connectivity index (χ0n) is 14.4. The molecule has 0 unspecified atom stereocenters. The number of nitrogens with one attached hydrogen (secondary N) is 1. The standard InChI is InChI=1S/C18H26N2O4/c1-3-23-16-7-5-14(6-8-16)13-17(21)20-11-9-15(10-12-20)19-18(22)24-4-2/h5-8,15H,3-4,9-13H2,1-2H3,(H,19,22). The fourth-order valence-electron chi connectivity index (χ4n) is 2.77. The number of alkyl carbamates (subject to hydrolysis) is 1. The van der Waals surface area contributed by atoms with Gasteiger partial charge >= 0.3 is 6.09 Å². The maximum Gasteiger partial charge on any atom is 0.407 e. The molecule has 1 aromatic rings. The molecule has 1 saturated heterocycles. The zero-order chi connectivity index (χ0) is 17.4. The number of ether oxygens (including phenoxy) is 2. The molecule has 6 heteroatoms. The molecule has 2 amide bonds. The van der Waals surface area contributed by atoms with E-state index in [1.165, 1.54) is 0 Å². The monoisotopic (exact) mass is 334 g/mol. The first-order valence-corrected chi connectivity index (χ1v) is 8.55. The third kappa shape index (κ3) is 5.44. The minimum atomic E-state index is -0.378. The second kappa shape index (κ2) is 9.15.